The van der Waals surface area contributed by atoms with Crippen molar-refractivity contribution in [2.45, 2.75) is 135 Å². The topological polar surface area (TPSA) is 56.8 Å². The molecule has 1 aliphatic heterocycles. The van der Waals surface area contributed by atoms with Gasteiger partial charge in [-0.2, -0.15) is 0 Å². The minimum Gasteiger partial charge on any atom is -0.404 e. The molecule has 4 unspecified atom stereocenters. The van der Waals surface area contributed by atoms with Crippen LogP contribution in [0.1, 0.15) is 87.0 Å². The average molecular weight is 832 g/mol. The SMILES string of the molecule is CCCCC[C@@H](C=CC1C(O[Si](c2ccccc2)(c2ccccc2)C(C)(C)C)CC2(O[Si](C)(C)C)NC(=O)CC12)O[Si](c1ccccc1)(c1ccccc1)C(C)(C)C. The Morgan fingerprint density at radius 3 is 1.57 bits per heavy atom. The number of carbonyl (C=O) groups excluding carboxylic acids is 1. The number of benzene rings is 4. The molecule has 5 atom stereocenters. The highest BCUT2D eigenvalue weighted by Crippen LogP contribution is 2.52. The van der Waals surface area contributed by atoms with E-state index in [1.807, 2.05) is 0 Å². The van der Waals surface area contributed by atoms with Crippen LogP contribution >= 0.6 is 0 Å². The molecule has 0 spiro atoms. The van der Waals surface area contributed by atoms with Crippen LogP contribution in [0.4, 0.5) is 0 Å². The standard InChI is InChI=1S/C50H69NO4Si3/c1-11-12-17-26-39(53-57(48(2,3)4,40-27-18-13-19-28-40)41-29-20-14-21-30-41)35-36-44-45-37-47(52)51-50(45,55-56(8,9)10)38-46(44)54-58(49(5,6)7,42-31-22-15-23-32-42)43-33-24-16-25-34-43/h13-16,18-25,27-36,39,44-46H,11-12,17,26,37-38H2,1-10H3,(H,51,52)/t39-,44?,45?,46?,50?/m0/s1. The summed E-state index contributed by atoms with van der Waals surface area (Å²) >= 11 is 0. The lowest BCUT2D eigenvalue weighted by molar-refractivity contribution is -0.122. The maximum Gasteiger partial charge on any atom is 0.261 e. The van der Waals surface area contributed by atoms with Gasteiger partial charge in [0.2, 0.25) is 5.91 Å². The average Bonchev–Trinajstić information content (AvgIpc) is 3.62. The Hall–Kier alpha value is -3.38. The number of carbonyl (C=O) groups is 1. The van der Waals surface area contributed by atoms with E-state index in [-0.39, 0.29) is 40.0 Å². The molecule has 1 heterocycles. The van der Waals surface area contributed by atoms with Gasteiger partial charge in [-0.05, 0) is 56.9 Å². The first kappa shape index (κ1) is 44.2. The van der Waals surface area contributed by atoms with E-state index in [2.05, 4.69) is 207 Å². The fourth-order valence-electron chi connectivity index (χ4n) is 10.0. The summed E-state index contributed by atoms with van der Waals surface area (Å²) in [7, 11) is -7.95. The molecule has 2 fully saturated rings. The summed E-state index contributed by atoms with van der Waals surface area (Å²) in [6.45, 7) is 23.1. The van der Waals surface area contributed by atoms with Gasteiger partial charge < -0.3 is 18.6 Å². The Balaban J connectivity index is 1.51. The van der Waals surface area contributed by atoms with E-state index >= 15 is 0 Å². The number of rotatable bonds is 16. The second-order valence-corrected chi connectivity index (χ2v) is 32.7. The highest BCUT2D eigenvalue weighted by Gasteiger charge is 2.63. The minimum atomic E-state index is -2.96. The predicted molar refractivity (Wildman–Crippen MR) is 250 cm³/mol. The quantitative estimate of drug-likeness (QED) is 0.0695. The molecule has 1 N–H and O–H groups in total. The Bertz CT molecular complexity index is 1880. The van der Waals surface area contributed by atoms with Gasteiger partial charge in [0.25, 0.3) is 16.6 Å². The number of hydrogen-bond acceptors (Lipinski definition) is 4. The highest BCUT2D eigenvalue weighted by atomic mass is 28.4. The van der Waals surface area contributed by atoms with Gasteiger partial charge in [-0.15, -0.1) is 0 Å². The first-order chi connectivity index (χ1) is 27.5. The first-order valence-corrected chi connectivity index (χ1v) is 29.0. The lowest BCUT2D eigenvalue weighted by atomic mass is 9.89. The molecular weight excluding hydrogens is 763 g/mol. The Kier molecular flexibility index (Phi) is 13.5. The third-order valence-corrected chi connectivity index (χ3v) is 23.5. The van der Waals surface area contributed by atoms with E-state index in [0.29, 0.717) is 12.8 Å². The van der Waals surface area contributed by atoms with E-state index in [4.69, 9.17) is 13.3 Å². The molecule has 58 heavy (non-hydrogen) atoms. The smallest absolute Gasteiger partial charge is 0.261 e. The molecule has 1 saturated carbocycles. The molecule has 2 aliphatic rings. The Labute approximate surface area is 353 Å². The van der Waals surface area contributed by atoms with Crippen LogP contribution in [-0.2, 0) is 18.1 Å². The molecule has 8 heteroatoms. The number of nitrogens with one attached hydrogen (secondary N) is 1. The van der Waals surface area contributed by atoms with Gasteiger partial charge >= 0.3 is 0 Å². The van der Waals surface area contributed by atoms with Crippen molar-refractivity contribution in [3.8, 4) is 0 Å². The van der Waals surface area contributed by atoms with Crippen molar-refractivity contribution in [2.75, 3.05) is 0 Å². The van der Waals surface area contributed by atoms with Crippen LogP contribution < -0.4 is 26.1 Å². The van der Waals surface area contributed by atoms with Gasteiger partial charge in [-0.1, -0.05) is 201 Å². The minimum absolute atomic E-state index is 0.0635. The number of amides is 1. The van der Waals surface area contributed by atoms with E-state index in [1.165, 1.54) is 20.7 Å². The number of fused-ring (bicyclic) bond motifs is 1. The Morgan fingerprint density at radius 2 is 1.16 bits per heavy atom. The number of hydrogen-bond donors (Lipinski definition) is 1. The summed E-state index contributed by atoms with van der Waals surface area (Å²) in [5.41, 5.74) is -0.789. The zero-order valence-corrected chi connectivity index (χ0v) is 39.9. The highest BCUT2D eigenvalue weighted by molar-refractivity contribution is 7.00. The van der Waals surface area contributed by atoms with Crippen molar-refractivity contribution in [1.29, 1.82) is 0 Å². The zero-order chi connectivity index (χ0) is 41.8. The lowest BCUT2D eigenvalue weighted by Crippen LogP contribution is -2.68. The van der Waals surface area contributed by atoms with Crippen LogP contribution in [0.25, 0.3) is 0 Å². The lowest BCUT2D eigenvalue weighted by Gasteiger charge is -2.46. The van der Waals surface area contributed by atoms with Crippen LogP contribution in [0.15, 0.2) is 133 Å². The van der Waals surface area contributed by atoms with Crippen molar-refractivity contribution >= 4 is 51.6 Å². The third kappa shape index (κ3) is 9.03. The van der Waals surface area contributed by atoms with Crippen LogP contribution in [0.2, 0.25) is 29.7 Å². The van der Waals surface area contributed by atoms with Crippen LogP contribution in [0, 0.1) is 11.8 Å². The van der Waals surface area contributed by atoms with E-state index in [9.17, 15) is 4.79 Å². The third-order valence-electron chi connectivity index (χ3n) is 12.4. The molecule has 4 aromatic carbocycles. The van der Waals surface area contributed by atoms with Crippen molar-refractivity contribution in [2.24, 2.45) is 11.8 Å². The maximum atomic E-state index is 13.6. The summed E-state index contributed by atoms with van der Waals surface area (Å²) in [6.07, 6.45) is 9.72. The molecule has 0 bridgehead atoms. The normalized spacial score (nSPS) is 22.2. The van der Waals surface area contributed by atoms with Gasteiger partial charge in [0.05, 0.1) is 12.2 Å². The molecule has 1 aliphatic carbocycles. The summed E-state index contributed by atoms with van der Waals surface area (Å²) in [5, 5.41) is 8.15. The summed E-state index contributed by atoms with van der Waals surface area (Å²) in [5.74, 6) is -0.0858. The second kappa shape index (κ2) is 17.7. The summed E-state index contributed by atoms with van der Waals surface area (Å²) in [6, 6.07) is 43.8. The van der Waals surface area contributed by atoms with Crippen molar-refractivity contribution in [1.82, 2.24) is 5.32 Å². The van der Waals surface area contributed by atoms with Crippen LogP contribution in [0.3, 0.4) is 0 Å². The van der Waals surface area contributed by atoms with Gasteiger partial charge in [0.1, 0.15) is 5.72 Å². The van der Waals surface area contributed by atoms with Gasteiger partial charge in [-0.25, -0.2) is 0 Å². The van der Waals surface area contributed by atoms with E-state index in [1.54, 1.807) is 0 Å². The number of unbranched alkanes of at least 4 members (excludes halogenated alkanes) is 2. The van der Waals surface area contributed by atoms with E-state index < -0.39 is 30.7 Å². The fourth-order valence-corrected chi connectivity index (χ4v) is 20.8. The van der Waals surface area contributed by atoms with Crippen molar-refractivity contribution < 1.29 is 18.1 Å². The molecule has 6 rings (SSSR count). The van der Waals surface area contributed by atoms with Gasteiger partial charge in [-0.3, -0.25) is 4.79 Å². The zero-order valence-electron chi connectivity index (χ0n) is 36.9. The molecular formula is C50H69NO4Si3. The largest absolute Gasteiger partial charge is 0.404 e. The molecule has 4 aromatic rings. The van der Waals surface area contributed by atoms with Gasteiger partial charge in [0.15, 0.2) is 8.32 Å². The molecule has 1 saturated heterocycles. The molecule has 310 valence electrons. The summed E-state index contributed by atoms with van der Waals surface area (Å²) in [4.78, 5) is 13.6. The van der Waals surface area contributed by atoms with Crippen LogP contribution in [0.5, 0.6) is 0 Å². The first-order valence-electron chi connectivity index (χ1n) is 21.7. The van der Waals surface area contributed by atoms with Crippen molar-refractivity contribution in [3.63, 3.8) is 0 Å². The van der Waals surface area contributed by atoms with Crippen molar-refractivity contribution in [3.05, 3.63) is 133 Å². The Morgan fingerprint density at radius 1 is 0.707 bits per heavy atom. The monoisotopic (exact) mass is 831 g/mol. The maximum absolute atomic E-state index is 13.6. The van der Waals surface area contributed by atoms with Gasteiger partial charge in [0, 0.05) is 24.7 Å². The molecule has 1 amide bonds. The fraction of sp³-hybridized carbons (Fsp3) is 0.460. The predicted octanol–water partition coefficient (Wildman–Crippen LogP) is 9.72. The molecule has 5 nitrogen and oxygen atoms in total. The molecule has 0 radical (unpaired) electrons. The van der Waals surface area contributed by atoms with Crippen LogP contribution in [-0.4, -0.2) is 48.8 Å². The summed E-state index contributed by atoms with van der Waals surface area (Å²) < 4.78 is 23.0. The van der Waals surface area contributed by atoms with E-state index in [0.717, 1.165) is 25.7 Å². The second-order valence-electron chi connectivity index (χ2n) is 19.8. The molecule has 0 aromatic heterocycles.